The zero-order chi connectivity index (χ0) is 34.6. The summed E-state index contributed by atoms with van der Waals surface area (Å²) >= 11 is 3.64. The molecule has 0 fully saturated rings. The minimum atomic E-state index is 0.751. The van der Waals surface area contributed by atoms with Gasteiger partial charge in [0.15, 0.2) is 5.82 Å². The van der Waals surface area contributed by atoms with Gasteiger partial charge in [0.2, 0.25) is 0 Å². The van der Waals surface area contributed by atoms with Crippen LogP contribution in [0.1, 0.15) is 0 Å². The van der Waals surface area contributed by atoms with Crippen LogP contribution in [0.4, 0.5) is 0 Å². The van der Waals surface area contributed by atoms with Crippen LogP contribution in [-0.4, -0.2) is 14.5 Å². The van der Waals surface area contributed by atoms with Gasteiger partial charge in [0.05, 0.1) is 16.7 Å². The highest BCUT2D eigenvalue weighted by Gasteiger charge is 2.22. The number of para-hydroxylation sites is 1. The van der Waals surface area contributed by atoms with E-state index in [9.17, 15) is 0 Å². The number of hydrogen-bond acceptors (Lipinski definition) is 4. The topological polar surface area (TPSA) is 30.7 Å². The third kappa shape index (κ3) is 4.15. The molecule has 12 aromatic rings. The van der Waals surface area contributed by atoms with E-state index >= 15 is 0 Å². The van der Waals surface area contributed by atoms with Crippen molar-refractivity contribution in [3.8, 4) is 28.3 Å². The predicted molar refractivity (Wildman–Crippen MR) is 228 cm³/mol. The van der Waals surface area contributed by atoms with Gasteiger partial charge in [-0.05, 0) is 41.1 Å². The summed E-state index contributed by atoms with van der Waals surface area (Å²) in [6.07, 6.45) is 0. The molecule has 12 rings (SSSR count). The van der Waals surface area contributed by atoms with Gasteiger partial charge in [-0.25, -0.2) is 9.97 Å². The standard InChI is InChI=1S/C48H27N3S2/c1-2-14-31-28(12-1)13-11-20-34(31)47-49-44(43-37-19-7-10-23-40(37)53-48(43)50-47)29-24-26-30(27-25-29)51-38-21-8-5-17-35(38)41-42-36-18-6-9-22-39(36)52-46(42)33-16-4-3-15-32(33)45(41)51/h1-27H. The van der Waals surface area contributed by atoms with Gasteiger partial charge in [-0.2, -0.15) is 0 Å². The molecule has 3 nitrogen and oxygen atoms in total. The molecule has 0 aliphatic rings. The van der Waals surface area contributed by atoms with Crippen LogP contribution in [-0.2, 0) is 0 Å². The zero-order valence-electron chi connectivity index (χ0n) is 28.2. The molecular weight excluding hydrogens is 683 g/mol. The number of benzene rings is 8. The van der Waals surface area contributed by atoms with E-state index in [1.165, 1.54) is 68.2 Å². The van der Waals surface area contributed by atoms with Gasteiger partial charge in [0.25, 0.3) is 0 Å². The maximum absolute atomic E-state index is 5.39. The van der Waals surface area contributed by atoms with Crippen LogP contribution in [0.2, 0.25) is 0 Å². The van der Waals surface area contributed by atoms with E-state index < -0.39 is 0 Å². The molecule has 4 heterocycles. The predicted octanol–water partition coefficient (Wildman–Crippen LogP) is 13.9. The first-order valence-corrected chi connectivity index (χ1v) is 19.5. The van der Waals surface area contributed by atoms with Crippen LogP contribution in [0.15, 0.2) is 164 Å². The minimum absolute atomic E-state index is 0.751. The Kier molecular flexibility index (Phi) is 6.09. The van der Waals surface area contributed by atoms with Gasteiger partial charge < -0.3 is 4.57 Å². The van der Waals surface area contributed by atoms with Gasteiger partial charge in [0, 0.05) is 74.0 Å². The number of hydrogen-bond donors (Lipinski definition) is 0. The number of thiophene rings is 2. The largest absolute Gasteiger partial charge is 0.309 e. The molecule has 0 aliphatic heterocycles. The third-order valence-electron chi connectivity index (χ3n) is 10.8. The van der Waals surface area contributed by atoms with Crippen LogP contribution in [0.25, 0.3) is 112 Å². The molecule has 5 heteroatoms. The molecule has 0 unspecified atom stereocenters. The summed E-state index contributed by atoms with van der Waals surface area (Å²) in [6.45, 7) is 0. The first-order valence-electron chi connectivity index (χ1n) is 17.8. The molecule has 0 saturated carbocycles. The van der Waals surface area contributed by atoms with Gasteiger partial charge >= 0.3 is 0 Å². The van der Waals surface area contributed by atoms with E-state index in [4.69, 9.17) is 9.97 Å². The highest BCUT2D eigenvalue weighted by atomic mass is 32.1. The Hall–Kier alpha value is -6.40. The Morgan fingerprint density at radius 3 is 1.87 bits per heavy atom. The smallest absolute Gasteiger partial charge is 0.162 e. The van der Waals surface area contributed by atoms with E-state index in [0.29, 0.717) is 0 Å². The zero-order valence-corrected chi connectivity index (χ0v) is 29.9. The van der Waals surface area contributed by atoms with Crippen molar-refractivity contribution in [3.63, 3.8) is 0 Å². The second kappa shape index (κ2) is 11.1. The second-order valence-corrected chi connectivity index (χ2v) is 15.8. The second-order valence-electron chi connectivity index (χ2n) is 13.7. The van der Waals surface area contributed by atoms with Crippen LogP contribution < -0.4 is 0 Å². The number of fused-ring (bicyclic) bond motifs is 14. The number of nitrogens with zero attached hydrogens (tertiary/aromatic N) is 3. The molecule has 0 bridgehead atoms. The monoisotopic (exact) mass is 709 g/mol. The highest BCUT2D eigenvalue weighted by molar-refractivity contribution is 7.27. The molecule has 0 atom stereocenters. The molecule has 0 saturated heterocycles. The molecule has 246 valence electrons. The number of rotatable bonds is 3. The summed E-state index contributed by atoms with van der Waals surface area (Å²) in [5.41, 5.74) is 6.65. The summed E-state index contributed by atoms with van der Waals surface area (Å²) in [5.74, 6) is 0.751. The van der Waals surface area contributed by atoms with Crippen molar-refractivity contribution in [2.24, 2.45) is 0 Å². The summed E-state index contributed by atoms with van der Waals surface area (Å²) in [7, 11) is 0. The van der Waals surface area contributed by atoms with Gasteiger partial charge in [-0.1, -0.05) is 133 Å². The Bertz CT molecular complexity index is 3450. The fourth-order valence-corrected chi connectivity index (χ4v) is 10.9. The Morgan fingerprint density at radius 1 is 0.434 bits per heavy atom. The van der Waals surface area contributed by atoms with E-state index in [0.717, 1.165) is 43.9 Å². The summed E-state index contributed by atoms with van der Waals surface area (Å²) in [5, 5.41) is 12.5. The van der Waals surface area contributed by atoms with Gasteiger partial charge in [0.1, 0.15) is 4.83 Å². The molecule has 4 aromatic heterocycles. The first kappa shape index (κ1) is 29.2. The third-order valence-corrected chi connectivity index (χ3v) is 13.1. The Balaban J connectivity index is 1.13. The molecular formula is C48H27N3S2. The van der Waals surface area contributed by atoms with Crippen molar-refractivity contribution in [2.45, 2.75) is 0 Å². The lowest BCUT2D eigenvalue weighted by atomic mass is 10.00. The average Bonchev–Trinajstić information content (AvgIpc) is 3.90. The quantitative estimate of drug-likeness (QED) is 0.183. The lowest BCUT2D eigenvalue weighted by Gasteiger charge is -2.13. The number of aromatic nitrogens is 3. The fourth-order valence-electron chi connectivity index (χ4n) is 8.53. The van der Waals surface area contributed by atoms with Crippen molar-refractivity contribution < 1.29 is 0 Å². The van der Waals surface area contributed by atoms with E-state index in [1.54, 1.807) is 11.3 Å². The Labute approximate surface area is 311 Å². The van der Waals surface area contributed by atoms with Gasteiger partial charge in [-0.15, -0.1) is 22.7 Å². The van der Waals surface area contributed by atoms with Gasteiger partial charge in [-0.3, -0.25) is 0 Å². The van der Waals surface area contributed by atoms with Crippen molar-refractivity contribution in [1.82, 2.24) is 14.5 Å². The molecule has 0 radical (unpaired) electrons. The van der Waals surface area contributed by atoms with Crippen LogP contribution in [0, 0.1) is 0 Å². The maximum atomic E-state index is 5.39. The minimum Gasteiger partial charge on any atom is -0.309 e. The SMILES string of the molecule is c1ccc2c(-c3nc(-c4ccc(-n5c6ccccc6c6c7c8ccccc8sc7c7ccccc7c65)cc4)c4c(n3)sc3ccccc34)cccc2c1. The summed E-state index contributed by atoms with van der Waals surface area (Å²) in [6, 6.07) is 59.2. The van der Waals surface area contributed by atoms with E-state index in [-0.39, 0.29) is 0 Å². The van der Waals surface area contributed by atoms with Crippen LogP contribution >= 0.6 is 22.7 Å². The molecule has 0 aliphatic carbocycles. The van der Waals surface area contributed by atoms with Crippen molar-refractivity contribution in [3.05, 3.63) is 164 Å². The lowest BCUT2D eigenvalue weighted by molar-refractivity contribution is 1.18. The highest BCUT2D eigenvalue weighted by Crippen LogP contribution is 2.48. The van der Waals surface area contributed by atoms with Crippen molar-refractivity contribution in [2.75, 3.05) is 0 Å². The maximum Gasteiger partial charge on any atom is 0.162 e. The molecule has 0 amide bonds. The fraction of sp³-hybridized carbons (Fsp3) is 0. The summed E-state index contributed by atoms with van der Waals surface area (Å²) in [4.78, 5) is 11.6. The van der Waals surface area contributed by atoms with Crippen LogP contribution in [0.5, 0.6) is 0 Å². The Morgan fingerprint density at radius 2 is 1.06 bits per heavy atom. The van der Waals surface area contributed by atoms with E-state index in [1.807, 2.05) is 11.3 Å². The lowest BCUT2D eigenvalue weighted by Crippen LogP contribution is -1.96. The molecule has 53 heavy (non-hydrogen) atoms. The molecule has 0 spiro atoms. The van der Waals surface area contributed by atoms with Crippen molar-refractivity contribution in [1.29, 1.82) is 0 Å². The van der Waals surface area contributed by atoms with Crippen molar-refractivity contribution >= 4 is 106 Å². The molecule has 8 aromatic carbocycles. The van der Waals surface area contributed by atoms with E-state index in [2.05, 4.69) is 168 Å². The molecule has 0 N–H and O–H groups in total. The first-order chi connectivity index (χ1) is 26.3. The van der Waals surface area contributed by atoms with Crippen LogP contribution in [0.3, 0.4) is 0 Å². The normalized spacial score (nSPS) is 12.2. The average molecular weight is 710 g/mol. The summed E-state index contributed by atoms with van der Waals surface area (Å²) < 4.78 is 6.36.